The number of hydrogen-bond donors (Lipinski definition) is 1. The van der Waals surface area contributed by atoms with Crippen LogP contribution in [0.2, 0.25) is 0 Å². The summed E-state index contributed by atoms with van der Waals surface area (Å²) in [5, 5.41) is 3.08. The number of hydrogen-bond acceptors (Lipinski definition) is 3. The van der Waals surface area contributed by atoms with Gasteiger partial charge in [0.05, 0.1) is 6.04 Å². The van der Waals surface area contributed by atoms with Gasteiger partial charge in [-0.1, -0.05) is 6.92 Å². The second-order valence-electron chi connectivity index (χ2n) is 3.75. The zero-order valence-electron chi connectivity index (χ0n) is 10.2. The van der Waals surface area contributed by atoms with Gasteiger partial charge in [0, 0.05) is 13.0 Å². The molecule has 1 aromatic heterocycles. The summed E-state index contributed by atoms with van der Waals surface area (Å²) in [5.41, 5.74) is 0. The van der Waals surface area contributed by atoms with E-state index in [1.807, 2.05) is 26.1 Å². The molecule has 0 aromatic carbocycles. The smallest absolute Gasteiger partial charge is 0.261 e. The lowest BCUT2D eigenvalue weighted by molar-refractivity contribution is 0.0140. The van der Waals surface area contributed by atoms with E-state index in [0.717, 1.165) is 17.9 Å². The molecule has 0 spiro atoms. The molecular formula is C12H19F2NO2. The fourth-order valence-corrected chi connectivity index (χ4v) is 1.57. The summed E-state index contributed by atoms with van der Waals surface area (Å²) in [6, 6.07) is 3.85. The van der Waals surface area contributed by atoms with E-state index in [2.05, 4.69) is 5.32 Å². The summed E-state index contributed by atoms with van der Waals surface area (Å²) in [7, 11) is 1.81. The minimum absolute atomic E-state index is 0.00738. The van der Waals surface area contributed by atoms with Gasteiger partial charge in [-0.25, -0.2) is 8.78 Å². The van der Waals surface area contributed by atoms with Gasteiger partial charge in [0.15, 0.2) is 0 Å². The van der Waals surface area contributed by atoms with Crippen LogP contribution in [0.4, 0.5) is 8.78 Å². The SMILES string of the molecule is CCc1ccc(C(CCOCC(F)F)NC)o1. The van der Waals surface area contributed by atoms with Gasteiger partial charge in [-0.3, -0.25) is 0 Å². The molecule has 0 fully saturated rings. The van der Waals surface area contributed by atoms with Crippen LogP contribution in [0.3, 0.4) is 0 Å². The third kappa shape index (κ3) is 4.83. The maximum absolute atomic E-state index is 11.9. The number of furan rings is 1. The second-order valence-corrected chi connectivity index (χ2v) is 3.75. The maximum Gasteiger partial charge on any atom is 0.261 e. The third-order valence-electron chi connectivity index (χ3n) is 2.52. The lowest BCUT2D eigenvalue weighted by Crippen LogP contribution is -2.18. The van der Waals surface area contributed by atoms with E-state index >= 15 is 0 Å². The summed E-state index contributed by atoms with van der Waals surface area (Å²) in [5.74, 6) is 1.75. The molecule has 0 aliphatic heterocycles. The van der Waals surface area contributed by atoms with Crippen LogP contribution >= 0.6 is 0 Å². The van der Waals surface area contributed by atoms with E-state index in [9.17, 15) is 8.78 Å². The summed E-state index contributed by atoms with van der Waals surface area (Å²) >= 11 is 0. The van der Waals surface area contributed by atoms with Crippen LogP contribution in [-0.2, 0) is 11.2 Å². The van der Waals surface area contributed by atoms with E-state index in [1.54, 1.807) is 0 Å². The maximum atomic E-state index is 11.9. The van der Waals surface area contributed by atoms with Crippen LogP contribution in [0.1, 0.15) is 30.9 Å². The minimum Gasteiger partial charge on any atom is -0.464 e. The summed E-state index contributed by atoms with van der Waals surface area (Å²) in [6.45, 7) is 1.80. The van der Waals surface area contributed by atoms with Gasteiger partial charge in [0.1, 0.15) is 18.1 Å². The highest BCUT2D eigenvalue weighted by molar-refractivity contribution is 5.10. The molecule has 17 heavy (non-hydrogen) atoms. The van der Waals surface area contributed by atoms with E-state index < -0.39 is 13.0 Å². The van der Waals surface area contributed by atoms with Gasteiger partial charge in [-0.2, -0.15) is 0 Å². The number of rotatable bonds is 8. The first-order valence-electron chi connectivity index (χ1n) is 5.79. The molecule has 1 unspecified atom stereocenters. The molecule has 0 saturated heterocycles. The Kier molecular flexibility index (Phi) is 6.15. The highest BCUT2D eigenvalue weighted by atomic mass is 19.3. The molecule has 1 heterocycles. The average Bonchev–Trinajstić information content (AvgIpc) is 2.77. The predicted octanol–water partition coefficient (Wildman–Crippen LogP) is 2.77. The number of alkyl halides is 2. The number of nitrogens with one attached hydrogen (secondary N) is 1. The van der Waals surface area contributed by atoms with Crippen molar-refractivity contribution in [2.75, 3.05) is 20.3 Å². The monoisotopic (exact) mass is 247 g/mol. The quantitative estimate of drug-likeness (QED) is 0.717. The van der Waals surface area contributed by atoms with Crippen molar-refractivity contribution in [1.29, 1.82) is 0 Å². The molecule has 0 radical (unpaired) electrons. The highest BCUT2D eigenvalue weighted by Crippen LogP contribution is 2.19. The van der Waals surface area contributed by atoms with Crippen LogP contribution < -0.4 is 5.32 Å². The Balaban J connectivity index is 2.37. The molecule has 0 saturated carbocycles. The van der Waals surface area contributed by atoms with Gasteiger partial charge in [0.2, 0.25) is 0 Å². The van der Waals surface area contributed by atoms with Gasteiger partial charge < -0.3 is 14.5 Å². The Morgan fingerprint density at radius 3 is 2.71 bits per heavy atom. The molecule has 0 bridgehead atoms. The molecule has 5 heteroatoms. The molecule has 1 aromatic rings. The molecule has 3 nitrogen and oxygen atoms in total. The van der Waals surface area contributed by atoms with Crippen LogP contribution in [0, 0.1) is 0 Å². The third-order valence-corrected chi connectivity index (χ3v) is 2.52. The normalized spacial score (nSPS) is 13.2. The Hall–Kier alpha value is -0.940. The van der Waals surface area contributed by atoms with Crippen molar-refractivity contribution in [3.05, 3.63) is 23.7 Å². The molecule has 0 aliphatic carbocycles. The topological polar surface area (TPSA) is 34.4 Å². The first-order chi connectivity index (χ1) is 8.17. The lowest BCUT2D eigenvalue weighted by atomic mass is 10.1. The van der Waals surface area contributed by atoms with Crippen molar-refractivity contribution in [2.45, 2.75) is 32.2 Å². The number of ether oxygens (including phenoxy) is 1. The van der Waals surface area contributed by atoms with Crippen molar-refractivity contribution in [1.82, 2.24) is 5.32 Å². The van der Waals surface area contributed by atoms with Crippen LogP contribution in [0.25, 0.3) is 0 Å². The van der Waals surface area contributed by atoms with E-state index in [0.29, 0.717) is 6.42 Å². The van der Waals surface area contributed by atoms with Crippen LogP contribution in [0.15, 0.2) is 16.5 Å². The standard InChI is InChI=1S/C12H19F2NO2/c1-3-9-4-5-11(17-9)10(15-2)6-7-16-8-12(13)14/h4-5,10,12,15H,3,6-8H2,1-2H3. The van der Waals surface area contributed by atoms with Gasteiger partial charge in [0.25, 0.3) is 6.43 Å². The fraction of sp³-hybridized carbons (Fsp3) is 0.667. The van der Waals surface area contributed by atoms with Crippen LogP contribution in [0.5, 0.6) is 0 Å². The highest BCUT2D eigenvalue weighted by Gasteiger charge is 2.13. The largest absolute Gasteiger partial charge is 0.464 e. The Morgan fingerprint density at radius 2 is 2.18 bits per heavy atom. The first kappa shape index (κ1) is 14.1. The molecule has 1 atom stereocenters. The summed E-state index contributed by atoms with van der Waals surface area (Å²) in [4.78, 5) is 0. The van der Waals surface area contributed by atoms with Crippen molar-refractivity contribution in [3.8, 4) is 0 Å². The molecular weight excluding hydrogens is 228 g/mol. The van der Waals surface area contributed by atoms with Crippen molar-refractivity contribution in [3.63, 3.8) is 0 Å². The minimum atomic E-state index is -2.40. The Morgan fingerprint density at radius 1 is 1.41 bits per heavy atom. The van der Waals surface area contributed by atoms with E-state index in [4.69, 9.17) is 9.15 Å². The van der Waals surface area contributed by atoms with E-state index in [-0.39, 0.29) is 12.6 Å². The van der Waals surface area contributed by atoms with Gasteiger partial charge in [-0.05, 0) is 25.6 Å². The number of halogens is 2. The van der Waals surface area contributed by atoms with Crippen LogP contribution in [-0.4, -0.2) is 26.7 Å². The summed E-state index contributed by atoms with van der Waals surface area (Å²) < 4.78 is 34.2. The number of aryl methyl sites for hydroxylation is 1. The Labute approximate surface area is 100 Å². The van der Waals surface area contributed by atoms with Gasteiger partial charge >= 0.3 is 0 Å². The lowest BCUT2D eigenvalue weighted by Gasteiger charge is -2.13. The molecule has 0 aliphatic rings. The molecule has 0 amide bonds. The first-order valence-corrected chi connectivity index (χ1v) is 5.79. The van der Waals surface area contributed by atoms with Crippen molar-refractivity contribution >= 4 is 0 Å². The molecule has 98 valence electrons. The summed E-state index contributed by atoms with van der Waals surface area (Å²) in [6.07, 6.45) is -0.948. The Bertz CT molecular complexity index is 315. The average molecular weight is 247 g/mol. The van der Waals surface area contributed by atoms with Crippen molar-refractivity contribution in [2.24, 2.45) is 0 Å². The fourth-order valence-electron chi connectivity index (χ4n) is 1.57. The zero-order valence-corrected chi connectivity index (χ0v) is 10.2. The zero-order chi connectivity index (χ0) is 12.7. The van der Waals surface area contributed by atoms with Crippen molar-refractivity contribution < 1.29 is 17.9 Å². The predicted molar refractivity (Wildman–Crippen MR) is 61.3 cm³/mol. The van der Waals surface area contributed by atoms with E-state index in [1.165, 1.54) is 0 Å². The second kappa shape index (κ2) is 7.40. The van der Waals surface area contributed by atoms with Gasteiger partial charge in [-0.15, -0.1) is 0 Å². The molecule has 1 rings (SSSR count). The molecule has 1 N–H and O–H groups in total.